The normalized spacial score (nSPS) is 33.8. The van der Waals surface area contributed by atoms with Crippen molar-refractivity contribution >= 4 is 0 Å². The quantitative estimate of drug-likeness (QED) is 0.850. The van der Waals surface area contributed by atoms with Crippen LogP contribution >= 0.6 is 0 Å². The van der Waals surface area contributed by atoms with Crippen molar-refractivity contribution in [1.29, 1.82) is 0 Å². The van der Waals surface area contributed by atoms with Gasteiger partial charge in [-0.1, -0.05) is 13.8 Å². The van der Waals surface area contributed by atoms with Crippen LogP contribution in [-0.2, 0) is 0 Å². The Kier molecular flexibility index (Phi) is 4.91. The third-order valence-corrected chi connectivity index (χ3v) is 5.26. The highest BCUT2D eigenvalue weighted by Gasteiger charge is 2.35. The molecule has 19 heavy (non-hydrogen) atoms. The van der Waals surface area contributed by atoms with Gasteiger partial charge in [0.25, 0.3) is 0 Å². The Labute approximate surface area is 119 Å². The Balaban J connectivity index is 1.81. The van der Waals surface area contributed by atoms with Crippen LogP contribution in [0.25, 0.3) is 0 Å². The van der Waals surface area contributed by atoms with Crippen molar-refractivity contribution in [2.45, 2.75) is 58.1 Å². The van der Waals surface area contributed by atoms with E-state index < -0.39 is 0 Å². The molecule has 0 bridgehead atoms. The highest BCUT2D eigenvalue weighted by molar-refractivity contribution is 4.87. The summed E-state index contributed by atoms with van der Waals surface area (Å²) in [6.45, 7) is 8.21. The van der Waals surface area contributed by atoms with Gasteiger partial charge in [0.05, 0.1) is 6.10 Å². The van der Waals surface area contributed by atoms with E-state index >= 15 is 0 Å². The van der Waals surface area contributed by atoms with Crippen LogP contribution in [-0.4, -0.2) is 60.8 Å². The number of aliphatic hydroxyl groups is 1. The van der Waals surface area contributed by atoms with E-state index in [1.165, 1.54) is 38.8 Å². The summed E-state index contributed by atoms with van der Waals surface area (Å²) in [6.07, 6.45) is 5.83. The minimum absolute atomic E-state index is 0.0698. The van der Waals surface area contributed by atoms with Crippen LogP contribution < -0.4 is 0 Å². The van der Waals surface area contributed by atoms with Crippen LogP contribution in [0.3, 0.4) is 0 Å². The van der Waals surface area contributed by atoms with Crippen molar-refractivity contribution in [2.24, 2.45) is 11.3 Å². The van der Waals surface area contributed by atoms with E-state index in [-0.39, 0.29) is 6.10 Å². The maximum absolute atomic E-state index is 10.2. The number of likely N-dealkylation sites (tertiary alicyclic amines) is 1. The fourth-order valence-corrected chi connectivity index (χ4v) is 3.86. The first-order valence-corrected chi connectivity index (χ1v) is 7.94. The minimum atomic E-state index is -0.0698. The van der Waals surface area contributed by atoms with Crippen molar-refractivity contribution in [3.8, 4) is 0 Å². The number of hydrogen-bond acceptors (Lipinski definition) is 3. The first-order valence-electron chi connectivity index (χ1n) is 7.94. The van der Waals surface area contributed by atoms with Crippen LogP contribution in [0.5, 0.6) is 0 Å². The van der Waals surface area contributed by atoms with E-state index in [0.29, 0.717) is 11.3 Å². The van der Waals surface area contributed by atoms with Crippen molar-refractivity contribution in [3.63, 3.8) is 0 Å². The SMILES string of the molecule is CN(C)C1CCN(CC2CC(C)(C)CCC2O)CC1. The third-order valence-electron chi connectivity index (χ3n) is 5.26. The zero-order valence-corrected chi connectivity index (χ0v) is 13.2. The average Bonchev–Trinajstić information content (AvgIpc) is 2.34. The van der Waals surface area contributed by atoms with Gasteiger partial charge < -0.3 is 14.9 Å². The zero-order valence-electron chi connectivity index (χ0n) is 13.2. The van der Waals surface area contributed by atoms with E-state index in [0.717, 1.165) is 19.0 Å². The van der Waals surface area contributed by atoms with Gasteiger partial charge in [0.1, 0.15) is 0 Å². The van der Waals surface area contributed by atoms with Gasteiger partial charge in [-0.25, -0.2) is 0 Å². The molecule has 1 saturated heterocycles. The molecular formula is C16H32N2O. The standard InChI is InChI=1S/C16H32N2O/c1-16(2)8-5-15(19)13(11-16)12-18-9-6-14(7-10-18)17(3)4/h13-15,19H,5-12H2,1-4H3. The Morgan fingerprint density at radius 2 is 1.79 bits per heavy atom. The lowest BCUT2D eigenvalue weighted by atomic mass is 9.70. The molecule has 0 aromatic carbocycles. The summed E-state index contributed by atoms with van der Waals surface area (Å²) in [5, 5.41) is 10.2. The summed E-state index contributed by atoms with van der Waals surface area (Å²) in [6, 6.07) is 0.754. The lowest BCUT2D eigenvalue weighted by Crippen LogP contribution is -2.46. The Morgan fingerprint density at radius 3 is 2.37 bits per heavy atom. The average molecular weight is 268 g/mol. The molecule has 2 rings (SSSR count). The molecule has 0 spiro atoms. The predicted molar refractivity (Wildman–Crippen MR) is 80.3 cm³/mol. The zero-order chi connectivity index (χ0) is 14.0. The molecule has 0 aromatic heterocycles. The molecule has 1 heterocycles. The predicted octanol–water partition coefficient (Wildman–Crippen LogP) is 2.20. The molecular weight excluding hydrogens is 236 g/mol. The van der Waals surface area contributed by atoms with E-state index in [4.69, 9.17) is 0 Å². The molecule has 0 aromatic rings. The molecule has 1 N–H and O–H groups in total. The summed E-state index contributed by atoms with van der Waals surface area (Å²) in [7, 11) is 4.38. The summed E-state index contributed by atoms with van der Waals surface area (Å²) < 4.78 is 0. The second-order valence-electron chi connectivity index (χ2n) is 7.73. The fraction of sp³-hybridized carbons (Fsp3) is 1.00. The van der Waals surface area contributed by atoms with Crippen molar-refractivity contribution in [3.05, 3.63) is 0 Å². The number of piperidine rings is 1. The van der Waals surface area contributed by atoms with Gasteiger partial charge in [0.15, 0.2) is 0 Å². The number of rotatable bonds is 3. The van der Waals surface area contributed by atoms with Gasteiger partial charge >= 0.3 is 0 Å². The van der Waals surface area contributed by atoms with E-state index in [9.17, 15) is 5.11 Å². The van der Waals surface area contributed by atoms with E-state index in [1.807, 2.05) is 0 Å². The van der Waals surface area contributed by atoms with Crippen LogP contribution in [0.15, 0.2) is 0 Å². The van der Waals surface area contributed by atoms with Gasteiger partial charge in [0.2, 0.25) is 0 Å². The highest BCUT2D eigenvalue weighted by Crippen LogP contribution is 2.39. The summed E-state index contributed by atoms with van der Waals surface area (Å²) in [5.41, 5.74) is 0.422. The number of nitrogens with zero attached hydrogens (tertiary/aromatic N) is 2. The molecule has 2 fully saturated rings. The monoisotopic (exact) mass is 268 g/mol. The van der Waals surface area contributed by atoms with Crippen LogP contribution in [0.4, 0.5) is 0 Å². The molecule has 3 heteroatoms. The molecule has 2 unspecified atom stereocenters. The first kappa shape index (κ1) is 15.3. The molecule has 2 atom stereocenters. The van der Waals surface area contributed by atoms with Gasteiger partial charge in [-0.2, -0.15) is 0 Å². The second kappa shape index (κ2) is 6.11. The van der Waals surface area contributed by atoms with Crippen molar-refractivity contribution in [2.75, 3.05) is 33.7 Å². The molecule has 0 amide bonds. The molecule has 112 valence electrons. The largest absolute Gasteiger partial charge is 0.393 e. The van der Waals surface area contributed by atoms with Crippen molar-refractivity contribution < 1.29 is 5.11 Å². The third kappa shape index (κ3) is 4.17. The molecule has 0 radical (unpaired) electrons. The maximum Gasteiger partial charge on any atom is 0.0581 e. The first-order chi connectivity index (χ1) is 8.87. The summed E-state index contributed by atoms with van der Waals surface area (Å²) in [4.78, 5) is 4.94. The summed E-state index contributed by atoms with van der Waals surface area (Å²) in [5.74, 6) is 0.486. The molecule has 3 nitrogen and oxygen atoms in total. The number of aliphatic hydroxyl groups excluding tert-OH is 1. The smallest absolute Gasteiger partial charge is 0.0581 e. The van der Waals surface area contributed by atoms with Gasteiger partial charge in [-0.15, -0.1) is 0 Å². The van der Waals surface area contributed by atoms with Crippen molar-refractivity contribution in [1.82, 2.24) is 9.80 Å². The lowest BCUT2D eigenvalue weighted by molar-refractivity contribution is -0.00180. The van der Waals surface area contributed by atoms with E-state index in [1.54, 1.807) is 0 Å². The lowest BCUT2D eigenvalue weighted by Gasteiger charge is -2.42. The Bertz CT molecular complexity index is 282. The van der Waals surface area contributed by atoms with Gasteiger partial charge in [-0.05, 0) is 70.6 Å². The summed E-state index contributed by atoms with van der Waals surface area (Å²) >= 11 is 0. The molecule has 1 saturated carbocycles. The Hall–Kier alpha value is -0.120. The molecule has 1 aliphatic heterocycles. The minimum Gasteiger partial charge on any atom is -0.393 e. The maximum atomic E-state index is 10.2. The van der Waals surface area contributed by atoms with Gasteiger partial charge in [0, 0.05) is 12.6 Å². The van der Waals surface area contributed by atoms with Crippen LogP contribution in [0.1, 0.15) is 46.0 Å². The molecule has 1 aliphatic carbocycles. The second-order valence-corrected chi connectivity index (χ2v) is 7.73. The van der Waals surface area contributed by atoms with Crippen LogP contribution in [0, 0.1) is 11.3 Å². The number of hydrogen-bond donors (Lipinski definition) is 1. The molecule has 2 aliphatic rings. The Morgan fingerprint density at radius 1 is 1.16 bits per heavy atom. The van der Waals surface area contributed by atoms with Gasteiger partial charge in [-0.3, -0.25) is 0 Å². The fourth-order valence-electron chi connectivity index (χ4n) is 3.86. The highest BCUT2D eigenvalue weighted by atomic mass is 16.3. The van der Waals surface area contributed by atoms with Crippen LogP contribution in [0.2, 0.25) is 0 Å². The topological polar surface area (TPSA) is 26.7 Å². The van der Waals surface area contributed by atoms with E-state index in [2.05, 4.69) is 37.7 Å².